The average Bonchev–Trinajstić information content (AvgIpc) is 2.99. The van der Waals surface area contributed by atoms with Crippen molar-refractivity contribution in [1.82, 2.24) is 10.3 Å². The highest BCUT2D eigenvalue weighted by atomic mass is 16.5. The van der Waals surface area contributed by atoms with Gasteiger partial charge in [0.15, 0.2) is 0 Å². The summed E-state index contributed by atoms with van der Waals surface area (Å²) in [7, 11) is 1.51. The molecular weight excluding hydrogens is 360 g/mol. The molecule has 1 aromatic heterocycles. The smallest absolute Gasteiger partial charge is 0.340 e. The van der Waals surface area contributed by atoms with Crippen LogP contribution in [0.2, 0.25) is 0 Å². The van der Waals surface area contributed by atoms with Crippen molar-refractivity contribution in [2.75, 3.05) is 20.3 Å². The Morgan fingerprint density at radius 3 is 2.36 bits per heavy atom. The first-order valence-corrected chi connectivity index (χ1v) is 9.10. The standard InChI is InChI=1S/C21H26N2O5/c1-6-28-21(26)16-14(4)23-18(17(16)15-9-7-12(2)8-10-15)19(24)20(25)22-13(3)11-27-5/h7-10,13,23H,6,11H2,1-5H3,(H,22,25)/t13-/m0/s1. The molecule has 1 heterocycles. The van der Waals surface area contributed by atoms with Gasteiger partial charge in [0.25, 0.3) is 11.7 Å². The molecule has 0 saturated carbocycles. The summed E-state index contributed by atoms with van der Waals surface area (Å²) in [4.78, 5) is 40.7. The number of nitrogens with one attached hydrogen (secondary N) is 2. The number of Topliss-reactive ketones (excluding diaryl/α,β-unsaturated/α-hetero) is 1. The van der Waals surface area contributed by atoms with E-state index >= 15 is 0 Å². The van der Waals surface area contributed by atoms with Crippen molar-refractivity contribution in [3.63, 3.8) is 0 Å². The van der Waals surface area contributed by atoms with Gasteiger partial charge in [-0.1, -0.05) is 29.8 Å². The highest BCUT2D eigenvalue weighted by Crippen LogP contribution is 2.31. The zero-order valence-electron chi connectivity index (χ0n) is 16.8. The SMILES string of the molecule is CCOC(=O)c1c(C)[nH]c(C(=O)C(=O)N[C@@H](C)COC)c1-c1ccc(C)cc1. The van der Waals surface area contributed by atoms with Crippen molar-refractivity contribution in [2.24, 2.45) is 0 Å². The predicted molar refractivity (Wildman–Crippen MR) is 105 cm³/mol. The van der Waals surface area contributed by atoms with E-state index in [0.717, 1.165) is 5.56 Å². The first-order chi connectivity index (χ1) is 13.3. The Balaban J connectivity index is 2.53. The zero-order chi connectivity index (χ0) is 20.8. The Labute approximate surface area is 164 Å². The van der Waals surface area contributed by atoms with Gasteiger partial charge in [-0.15, -0.1) is 0 Å². The number of hydrogen-bond donors (Lipinski definition) is 2. The zero-order valence-corrected chi connectivity index (χ0v) is 16.8. The molecule has 0 bridgehead atoms. The third-order valence-corrected chi connectivity index (χ3v) is 4.23. The fraction of sp³-hybridized carbons (Fsp3) is 0.381. The third kappa shape index (κ3) is 4.67. The largest absolute Gasteiger partial charge is 0.462 e. The molecule has 7 nitrogen and oxygen atoms in total. The van der Waals surface area contributed by atoms with Crippen LogP contribution in [0.4, 0.5) is 0 Å². The number of H-pyrrole nitrogens is 1. The Morgan fingerprint density at radius 1 is 1.14 bits per heavy atom. The van der Waals surface area contributed by atoms with Gasteiger partial charge >= 0.3 is 5.97 Å². The van der Waals surface area contributed by atoms with E-state index in [1.165, 1.54) is 7.11 Å². The number of aromatic amines is 1. The second-order valence-corrected chi connectivity index (χ2v) is 6.62. The van der Waals surface area contributed by atoms with Crippen LogP contribution in [0.5, 0.6) is 0 Å². The fourth-order valence-electron chi connectivity index (χ4n) is 2.96. The number of carbonyl (C=O) groups excluding carboxylic acids is 3. The summed E-state index contributed by atoms with van der Waals surface area (Å²) in [6.45, 7) is 7.54. The first kappa shape index (κ1) is 21.4. The van der Waals surface area contributed by atoms with Gasteiger partial charge in [0.05, 0.1) is 18.8 Å². The second-order valence-electron chi connectivity index (χ2n) is 6.62. The van der Waals surface area contributed by atoms with Crippen molar-refractivity contribution in [1.29, 1.82) is 0 Å². The van der Waals surface area contributed by atoms with Crippen molar-refractivity contribution < 1.29 is 23.9 Å². The first-order valence-electron chi connectivity index (χ1n) is 9.10. The fourth-order valence-corrected chi connectivity index (χ4v) is 2.96. The van der Waals surface area contributed by atoms with Crippen LogP contribution in [0.3, 0.4) is 0 Å². The van der Waals surface area contributed by atoms with Crippen molar-refractivity contribution in [3.8, 4) is 11.1 Å². The van der Waals surface area contributed by atoms with E-state index in [1.54, 1.807) is 20.8 Å². The number of ether oxygens (including phenoxy) is 2. The van der Waals surface area contributed by atoms with Crippen LogP contribution in [0, 0.1) is 13.8 Å². The van der Waals surface area contributed by atoms with E-state index in [9.17, 15) is 14.4 Å². The molecule has 0 aliphatic carbocycles. The molecule has 0 saturated heterocycles. The Morgan fingerprint density at radius 2 is 1.79 bits per heavy atom. The van der Waals surface area contributed by atoms with Gasteiger partial charge in [0.2, 0.25) is 0 Å². The monoisotopic (exact) mass is 386 g/mol. The minimum atomic E-state index is -0.769. The van der Waals surface area contributed by atoms with Gasteiger partial charge < -0.3 is 19.8 Å². The molecular formula is C21H26N2O5. The van der Waals surface area contributed by atoms with Crippen molar-refractivity contribution in [2.45, 2.75) is 33.7 Å². The number of amides is 1. The predicted octanol–water partition coefficient (Wildman–Crippen LogP) is 2.81. The molecule has 0 spiro atoms. The Kier molecular flexibility index (Phi) is 7.12. The maximum atomic E-state index is 12.9. The number of esters is 1. The third-order valence-electron chi connectivity index (χ3n) is 4.23. The highest BCUT2D eigenvalue weighted by Gasteiger charge is 2.30. The van der Waals surface area contributed by atoms with Gasteiger partial charge in [-0.2, -0.15) is 0 Å². The lowest BCUT2D eigenvalue weighted by molar-refractivity contribution is -0.117. The van der Waals surface area contributed by atoms with Crippen LogP contribution in [-0.4, -0.2) is 49.0 Å². The summed E-state index contributed by atoms with van der Waals surface area (Å²) in [5, 5.41) is 2.60. The summed E-state index contributed by atoms with van der Waals surface area (Å²) >= 11 is 0. The molecule has 2 rings (SSSR count). The van der Waals surface area contributed by atoms with Crippen LogP contribution in [0.1, 0.15) is 46.0 Å². The van der Waals surface area contributed by atoms with Gasteiger partial charge in [0.1, 0.15) is 5.69 Å². The van der Waals surface area contributed by atoms with Crippen molar-refractivity contribution >= 4 is 17.7 Å². The molecule has 1 amide bonds. The van der Waals surface area contributed by atoms with Gasteiger partial charge in [-0.3, -0.25) is 9.59 Å². The number of carbonyl (C=O) groups is 3. The molecule has 0 aliphatic heterocycles. The number of aromatic nitrogens is 1. The van der Waals surface area contributed by atoms with E-state index in [1.807, 2.05) is 31.2 Å². The molecule has 1 atom stereocenters. The van der Waals surface area contributed by atoms with E-state index < -0.39 is 17.7 Å². The molecule has 150 valence electrons. The average molecular weight is 386 g/mol. The molecule has 0 unspecified atom stereocenters. The minimum absolute atomic E-state index is 0.0616. The molecule has 0 radical (unpaired) electrons. The molecule has 0 fully saturated rings. The normalized spacial score (nSPS) is 11.8. The number of benzene rings is 1. The highest BCUT2D eigenvalue weighted by molar-refractivity contribution is 6.44. The molecule has 2 aromatic rings. The quantitative estimate of drug-likeness (QED) is 0.413. The van der Waals surface area contributed by atoms with E-state index in [4.69, 9.17) is 9.47 Å². The summed E-state index contributed by atoms with van der Waals surface area (Å²) in [5.41, 5.74) is 2.84. The Hall–Kier alpha value is -2.93. The molecule has 0 aliphatic rings. The second kappa shape index (κ2) is 9.32. The Bertz CT molecular complexity index is 868. The number of methoxy groups -OCH3 is 1. The summed E-state index contributed by atoms with van der Waals surface area (Å²) in [6.07, 6.45) is 0. The number of ketones is 1. The molecule has 28 heavy (non-hydrogen) atoms. The minimum Gasteiger partial charge on any atom is -0.462 e. The summed E-state index contributed by atoms with van der Waals surface area (Å²) < 4.78 is 10.1. The number of rotatable bonds is 8. The lowest BCUT2D eigenvalue weighted by atomic mass is 9.97. The van der Waals surface area contributed by atoms with Crippen LogP contribution < -0.4 is 5.32 Å². The van der Waals surface area contributed by atoms with Gasteiger partial charge in [0, 0.05) is 24.4 Å². The van der Waals surface area contributed by atoms with Crippen LogP contribution in [0.15, 0.2) is 24.3 Å². The summed E-state index contributed by atoms with van der Waals surface area (Å²) in [6, 6.07) is 7.04. The lowest BCUT2D eigenvalue weighted by Gasteiger charge is -2.12. The topological polar surface area (TPSA) is 97.5 Å². The number of aryl methyl sites for hydroxylation is 2. The number of hydrogen-bond acceptors (Lipinski definition) is 5. The van der Waals surface area contributed by atoms with Gasteiger partial charge in [-0.25, -0.2) is 4.79 Å². The summed E-state index contributed by atoms with van der Waals surface area (Å²) in [5.74, 6) is -2.06. The van der Waals surface area contributed by atoms with E-state index in [2.05, 4.69) is 10.3 Å². The van der Waals surface area contributed by atoms with E-state index in [0.29, 0.717) is 16.8 Å². The molecule has 2 N–H and O–H groups in total. The van der Waals surface area contributed by atoms with E-state index in [-0.39, 0.29) is 30.5 Å². The molecule has 1 aromatic carbocycles. The van der Waals surface area contributed by atoms with Gasteiger partial charge in [-0.05, 0) is 33.3 Å². The maximum Gasteiger partial charge on any atom is 0.340 e. The van der Waals surface area contributed by atoms with Crippen LogP contribution in [-0.2, 0) is 14.3 Å². The van der Waals surface area contributed by atoms with Crippen molar-refractivity contribution in [3.05, 3.63) is 46.8 Å². The maximum absolute atomic E-state index is 12.9. The van der Waals surface area contributed by atoms with Crippen LogP contribution >= 0.6 is 0 Å². The lowest BCUT2D eigenvalue weighted by Crippen LogP contribution is -2.40. The van der Waals surface area contributed by atoms with Crippen LogP contribution in [0.25, 0.3) is 11.1 Å². The molecule has 7 heteroatoms.